The molecule has 3 aromatic rings. The van der Waals surface area contributed by atoms with Gasteiger partial charge in [0.2, 0.25) is 0 Å². The second-order valence-corrected chi connectivity index (χ2v) is 6.05. The van der Waals surface area contributed by atoms with Crippen molar-refractivity contribution in [2.45, 2.75) is 30.0 Å². The zero-order valence-electron chi connectivity index (χ0n) is 11.3. The summed E-state index contributed by atoms with van der Waals surface area (Å²) in [5.41, 5.74) is 3.54. The Morgan fingerprint density at radius 2 is 2.05 bits per heavy atom. The maximum absolute atomic E-state index is 13.0. The maximum Gasteiger partial charge on any atom is 0.253 e. The van der Waals surface area contributed by atoms with Crippen LogP contribution in [0.3, 0.4) is 0 Å². The number of aryl methyl sites for hydroxylation is 1. The van der Waals surface area contributed by atoms with Gasteiger partial charge in [0.15, 0.2) is 0 Å². The zero-order valence-corrected chi connectivity index (χ0v) is 12.1. The van der Waals surface area contributed by atoms with Gasteiger partial charge in [-0.15, -0.1) is 11.8 Å². The molecule has 1 aliphatic rings. The minimum atomic E-state index is -0.202. The predicted molar refractivity (Wildman–Crippen MR) is 78.8 cm³/mol. The van der Waals surface area contributed by atoms with Crippen LogP contribution in [-0.4, -0.2) is 19.6 Å². The molecule has 4 nitrogen and oxygen atoms in total. The number of aromatic nitrogens is 4. The lowest BCUT2D eigenvalue weighted by atomic mass is 10.2. The van der Waals surface area contributed by atoms with E-state index in [4.69, 9.17) is 0 Å². The van der Waals surface area contributed by atoms with Crippen molar-refractivity contribution in [3.8, 4) is 0 Å². The van der Waals surface area contributed by atoms with Crippen molar-refractivity contribution in [1.29, 1.82) is 0 Å². The van der Waals surface area contributed by atoms with Gasteiger partial charge in [-0.05, 0) is 37.0 Å². The fourth-order valence-electron chi connectivity index (χ4n) is 2.67. The third kappa shape index (κ3) is 2.29. The molecule has 0 spiro atoms. The normalized spacial score (nSPS) is 13.8. The molecule has 4 rings (SSSR count). The minimum Gasteiger partial charge on any atom is -0.216 e. The lowest BCUT2D eigenvalue weighted by Crippen LogP contribution is -2.02. The van der Waals surface area contributed by atoms with Crippen molar-refractivity contribution in [1.82, 2.24) is 19.6 Å². The predicted octanol–water partition coefficient (Wildman–Crippen LogP) is 3.04. The summed E-state index contributed by atoms with van der Waals surface area (Å²) in [6.07, 6.45) is 4.74. The van der Waals surface area contributed by atoms with Gasteiger partial charge in [0.1, 0.15) is 17.2 Å². The van der Waals surface area contributed by atoms with E-state index in [9.17, 15) is 4.39 Å². The molecule has 0 amide bonds. The monoisotopic (exact) mass is 300 g/mol. The Balaban J connectivity index is 1.69. The molecule has 1 aromatic carbocycles. The molecule has 0 radical (unpaired) electrons. The van der Waals surface area contributed by atoms with Gasteiger partial charge in [-0.25, -0.2) is 9.37 Å². The van der Waals surface area contributed by atoms with E-state index in [0.29, 0.717) is 5.78 Å². The lowest BCUT2D eigenvalue weighted by Gasteiger charge is -2.09. The molecular formula is C15H13FN4S. The first-order valence-corrected chi connectivity index (χ1v) is 7.88. The SMILES string of the molecule is Fc1ccc(CSc2c3c(nc4ncnn24)CCC3)cc1. The molecule has 0 saturated heterocycles. The molecular weight excluding hydrogens is 287 g/mol. The van der Waals surface area contributed by atoms with Crippen LogP contribution < -0.4 is 0 Å². The topological polar surface area (TPSA) is 43.1 Å². The molecule has 1 aliphatic carbocycles. The van der Waals surface area contributed by atoms with Crippen molar-refractivity contribution in [2.24, 2.45) is 0 Å². The van der Waals surface area contributed by atoms with E-state index in [1.807, 2.05) is 16.6 Å². The Bertz CT molecular complexity index is 797. The van der Waals surface area contributed by atoms with Crippen molar-refractivity contribution in [3.05, 3.63) is 53.2 Å². The minimum absolute atomic E-state index is 0.202. The van der Waals surface area contributed by atoms with Crippen LogP contribution in [0.2, 0.25) is 0 Å². The summed E-state index contributed by atoms with van der Waals surface area (Å²) in [5.74, 6) is 1.25. The summed E-state index contributed by atoms with van der Waals surface area (Å²) < 4.78 is 14.8. The molecule has 0 atom stereocenters. The van der Waals surface area contributed by atoms with Crippen molar-refractivity contribution in [2.75, 3.05) is 0 Å². The zero-order chi connectivity index (χ0) is 14.2. The van der Waals surface area contributed by atoms with E-state index >= 15 is 0 Å². The number of rotatable bonds is 3. The van der Waals surface area contributed by atoms with E-state index in [1.54, 1.807) is 18.1 Å². The largest absolute Gasteiger partial charge is 0.253 e. The highest BCUT2D eigenvalue weighted by atomic mass is 32.2. The number of fused-ring (bicyclic) bond motifs is 2. The van der Waals surface area contributed by atoms with Gasteiger partial charge >= 0.3 is 0 Å². The van der Waals surface area contributed by atoms with E-state index < -0.39 is 0 Å². The van der Waals surface area contributed by atoms with E-state index in [-0.39, 0.29) is 5.82 Å². The Hall–Kier alpha value is -1.95. The number of hydrogen-bond donors (Lipinski definition) is 0. The molecule has 0 unspecified atom stereocenters. The molecule has 0 fully saturated rings. The molecule has 21 heavy (non-hydrogen) atoms. The van der Waals surface area contributed by atoms with Crippen LogP contribution in [0.4, 0.5) is 4.39 Å². The van der Waals surface area contributed by atoms with Gasteiger partial charge in [0, 0.05) is 11.3 Å². The highest BCUT2D eigenvalue weighted by molar-refractivity contribution is 7.98. The van der Waals surface area contributed by atoms with E-state index in [1.165, 1.54) is 17.7 Å². The summed E-state index contributed by atoms with van der Waals surface area (Å²) in [6, 6.07) is 6.64. The third-order valence-electron chi connectivity index (χ3n) is 3.69. The highest BCUT2D eigenvalue weighted by Crippen LogP contribution is 2.32. The van der Waals surface area contributed by atoms with Gasteiger partial charge in [-0.3, -0.25) is 0 Å². The molecule has 0 bridgehead atoms. The molecule has 0 N–H and O–H groups in total. The molecule has 6 heteroatoms. The van der Waals surface area contributed by atoms with Crippen molar-refractivity contribution >= 4 is 17.5 Å². The summed E-state index contributed by atoms with van der Waals surface area (Å²) >= 11 is 1.72. The van der Waals surface area contributed by atoms with Gasteiger partial charge < -0.3 is 0 Å². The van der Waals surface area contributed by atoms with Gasteiger partial charge in [-0.2, -0.15) is 14.6 Å². The van der Waals surface area contributed by atoms with Crippen LogP contribution in [0.5, 0.6) is 0 Å². The number of benzene rings is 1. The molecule has 0 saturated carbocycles. The number of thioether (sulfide) groups is 1. The lowest BCUT2D eigenvalue weighted by molar-refractivity contribution is 0.627. The van der Waals surface area contributed by atoms with Crippen LogP contribution in [0.1, 0.15) is 23.2 Å². The Labute approximate surface area is 125 Å². The Morgan fingerprint density at radius 3 is 2.90 bits per heavy atom. The second kappa shape index (κ2) is 5.11. The number of hydrogen-bond acceptors (Lipinski definition) is 4. The molecule has 2 heterocycles. The Morgan fingerprint density at radius 1 is 1.19 bits per heavy atom. The standard InChI is InChI=1S/C15H13FN4S/c16-11-6-4-10(5-7-11)8-21-14-12-2-1-3-13(12)19-15-17-9-18-20(14)15/h4-7,9H,1-3,8H2. The maximum atomic E-state index is 13.0. The number of nitrogens with zero attached hydrogens (tertiary/aromatic N) is 4. The quantitative estimate of drug-likeness (QED) is 0.551. The van der Waals surface area contributed by atoms with Crippen LogP contribution >= 0.6 is 11.8 Å². The molecule has 0 aliphatic heterocycles. The van der Waals surface area contributed by atoms with Gasteiger partial charge in [0.25, 0.3) is 5.78 Å². The van der Waals surface area contributed by atoms with Gasteiger partial charge in [0.05, 0.1) is 5.69 Å². The average Bonchev–Trinajstić information content (AvgIpc) is 3.13. The molecule has 106 valence electrons. The van der Waals surface area contributed by atoms with Crippen LogP contribution in [-0.2, 0) is 18.6 Å². The average molecular weight is 300 g/mol. The summed E-state index contributed by atoms with van der Waals surface area (Å²) in [5, 5.41) is 5.40. The van der Waals surface area contributed by atoms with Crippen LogP contribution in [0.25, 0.3) is 5.78 Å². The first-order valence-electron chi connectivity index (χ1n) is 6.90. The molecule has 2 aromatic heterocycles. The Kier molecular flexibility index (Phi) is 3.11. The first kappa shape index (κ1) is 12.8. The van der Waals surface area contributed by atoms with Crippen LogP contribution in [0, 0.1) is 5.82 Å². The van der Waals surface area contributed by atoms with Gasteiger partial charge in [-0.1, -0.05) is 12.1 Å². The smallest absolute Gasteiger partial charge is 0.216 e. The first-order chi connectivity index (χ1) is 10.3. The number of halogens is 1. The van der Waals surface area contributed by atoms with Crippen LogP contribution in [0.15, 0.2) is 35.6 Å². The highest BCUT2D eigenvalue weighted by Gasteiger charge is 2.21. The fraction of sp³-hybridized carbons (Fsp3) is 0.267. The van der Waals surface area contributed by atoms with E-state index in [0.717, 1.165) is 41.3 Å². The van der Waals surface area contributed by atoms with Crippen molar-refractivity contribution < 1.29 is 4.39 Å². The third-order valence-corrected chi connectivity index (χ3v) is 4.86. The summed E-state index contributed by atoms with van der Waals surface area (Å²) in [4.78, 5) is 8.77. The second-order valence-electron chi connectivity index (χ2n) is 5.08. The summed E-state index contributed by atoms with van der Waals surface area (Å²) in [7, 11) is 0. The van der Waals surface area contributed by atoms with Crippen molar-refractivity contribution in [3.63, 3.8) is 0 Å². The summed E-state index contributed by atoms with van der Waals surface area (Å²) in [6.45, 7) is 0. The fourth-order valence-corrected chi connectivity index (χ4v) is 3.81. The van der Waals surface area contributed by atoms with E-state index in [2.05, 4.69) is 15.1 Å².